The molecule has 0 radical (unpaired) electrons. The zero-order valence-corrected chi connectivity index (χ0v) is 11.6. The van der Waals surface area contributed by atoms with Gasteiger partial charge in [0.25, 0.3) is 0 Å². The standard InChI is InChI=1S/C14H15F3N2O3/c15-9-6-11(17)10(16)4-8(9)5-12(20)19-14(13(18)21)2-1-3-22-7-14/h4,6H,1-3,5,7H2,(H2,18,21)(H,19,20). The maximum absolute atomic E-state index is 13.5. The number of hydrogen-bond acceptors (Lipinski definition) is 3. The summed E-state index contributed by atoms with van der Waals surface area (Å²) in [5.41, 5.74) is 3.63. The normalized spacial score (nSPS) is 21.4. The highest BCUT2D eigenvalue weighted by atomic mass is 19.2. The second-order valence-corrected chi connectivity index (χ2v) is 5.19. The van der Waals surface area contributed by atoms with Gasteiger partial charge in [0.15, 0.2) is 11.6 Å². The van der Waals surface area contributed by atoms with Crippen molar-refractivity contribution < 1.29 is 27.5 Å². The van der Waals surface area contributed by atoms with Crippen molar-refractivity contribution in [2.24, 2.45) is 5.73 Å². The van der Waals surface area contributed by atoms with Gasteiger partial charge in [-0.2, -0.15) is 0 Å². The van der Waals surface area contributed by atoms with E-state index in [0.717, 1.165) is 0 Å². The number of halogens is 3. The molecule has 1 heterocycles. The number of amides is 2. The molecule has 0 aliphatic carbocycles. The summed E-state index contributed by atoms with van der Waals surface area (Å²) in [6.45, 7) is 0.372. The van der Waals surface area contributed by atoms with E-state index in [2.05, 4.69) is 5.32 Å². The third-order valence-electron chi connectivity index (χ3n) is 3.53. The van der Waals surface area contributed by atoms with Crippen molar-refractivity contribution in [2.45, 2.75) is 24.8 Å². The summed E-state index contributed by atoms with van der Waals surface area (Å²) < 4.78 is 44.6. The van der Waals surface area contributed by atoms with Crippen LogP contribution >= 0.6 is 0 Å². The molecular formula is C14H15F3N2O3. The molecule has 0 saturated carbocycles. The van der Waals surface area contributed by atoms with Crippen molar-refractivity contribution >= 4 is 11.8 Å². The predicted octanol–water partition coefficient (Wildman–Crippen LogP) is 0.797. The summed E-state index contributed by atoms with van der Waals surface area (Å²) in [4.78, 5) is 23.6. The van der Waals surface area contributed by atoms with Gasteiger partial charge in [0.2, 0.25) is 11.8 Å². The van der Waals surface area contributed by atoms with Gasteiger partial charge >= 0.3 is 0 Å². The van der Waals surface area contributed by atoms with Gasteiger partial charge in [0.1, 0.15) is 11.4 Å². The average Bonchev–Trinajstić information content (AvgIpc) is 2.45. The van der Waals surface area contributed by atoms with Gasteiger partial charge in [0.05, 0.1) is 13.0 Å². The molecule has 1 aromatic rings. The molecule has 120 valence electrons. The Bertz CT molecular complexity index is 601. The fourth-order valence-electron chi connectivity index (χ4n) is 2.33. The first-order chi connectivity index (χ1) is 10.3. The van der Waals surface area contributed by atoms with Gasteiger partial charge in [-0.25, -0.2) is 13.2 Å². The van der Waals surface area contributed by atoms with Crippen molar-refractivity contribution in [1.82, 2.24) is 5.32 Å². The first-order valence-electron chi connectivity index (χ1n) is 6.66. The minimum absolute atomic E-state index is 0.0751. The largest absolute Gasteiger partial charge is 0.378 e. The molecule has 1 aromatic carbocycles. The second-order valence-electron chi connectivity index (χ2n) is 5.19. The first kappa shape index (κ1) is 16.3. The molecule has 0 aromatic heterocycles. The average molecular weight is 316 g/mol. The van der Waals surface area contributed by atoms with Crippen LogP contribution in [0.3, 0.4) is 0 Å². The van der Waals surface area contributed by atoms with E-state index < -0.39 is 41.2 Å². The molecule has 1 atom stereocenters. The lowest BCUT2D eigenvalue weighted by atomic mass is 9.91. The number of nitrogens with one attached hydrogen (secondary N) is 1. The van der Waals surface area contributed by atoms with Crippen molar-refractivity contribution in [1.29, 1.82) is 0 Å². The number of carbonyl (C=O) groups is 2. The zero-order chi connectivity index (χ0) is 16.3. The van der Waals surface area contributed by atoms with E-state index in [1.165, 1.54) is 0 Å². The molecule has 1 saturated heterocycles. The van der Waals surface area contributed by atoms with Crippen LogP contribution in [0.5, 0.6) is 0 Å². The summed E-state index contributed by atoms with van der Waals surface area (Å²) in [7, 11) is 0. The monoisotopic (exact) mass is 316 g/mol. The Morgan fingerprint density at radius 1 is 1.23 bits per heavy atom. The number of rotatable bonds is 4. The second kappa shape index (κ2) is 6.35. The summed E-state index contributed by atoms with van der Waals surface area (Å²) in [6.07, 6.45) is 0.287. The van der Waals surface area contributed by atoms with E-state index in [1.54, 1.807) is 0 Å². The van der Waals surface area contributed by atoms with Gasteiger partial charge in [-0.05, 0) is 18.9 Å². The van der Waals surface area contributed by atoms with Crippen molar-refractivity contribution in [3.63, 3.8) is 0 Å². The third-order valence-corrected chi connectivity index (χ3v) is 3.53. The van der Waals surface area contributed by atoms with Gasteiger partial charge < -0.3 is 15.8 Å². The summed E-state index contributed by atoms with van der Waals surface area (Å²) in [5.74, 6) is -5.12. The Kier molecular flexibility index (Phi) is 4.70. The number of ether oxygens (including phenoxy) is 1. The molecule has 1 unspecified atom stereocenters. The van der Waals surface area contributed by atoms with E-state index in [1.807, 2.05) is 0 Å². The SMILES string of the molecule is NC(=O)C1(NC(=O)Cc2cc(F)c(F)cc2F)CCCOC1. The van der Waals surface area contributed by atoms with Gasteiger partial charge in [0, 0.05) is 18.2 Å². The van der Waals surface area contributed by atoms with Gasteiger partial charge in [-0.3, -0.25) is 9.59 Å². The van der Waals surface area contributed by atoms with E-state index >= 15 is 0 Å². The molecule has 2 amide bonds. The highest BCUT2D eigenvalue weighted by molar-refractivity contribution is 5.91. The Hall–Kier alpha value is -2.09. The Morgan fingerprint density at radius 2 is 1.91 bits per heavy atom. The third kappa shape index (κ3) is 3.38. The molecule has 8 heteroatoms. The number of primary amides is 1. The fourth-order valence-corrected chi connectivity index (χ4v) is 2.33. The zero-order valence-electron chi connectivity index (χ0n) is 11.6. The van der Waals surface area contributed by atoms with E-state index in [0.29, 0.717) is 31.6 Å². The van der Waals surface area contributed by atoms with Crippen LogP contribution in [0, 0.1) is 17.5 Å². The number of nitrogens with two attached hydrogens (primary N) is 1. The summed E-state index contributed by atoms with van der Waals surface area (Å²) >= 11 is 0. The van der Waals surface area contributed by atoms with Crippen LogP contribution < -0.4 is 11.1 Å². The van der Waals surface area contributed by atoms with E-state index in [-0.39, 0.29) is 12.2 Å². The highest BCUT2D eigenvalue weighted by Gasteiger charge is 2.40. The van der Waals surface area contributed by atoms with Crippen LogP contribution in [0.2, 0.25) is 0 Å². The lowest BCUT2D eigenvalue weighted by Crippen LogP contribution is -2.62. The van der Waals surface area contributed by atoms with Crippen molar-refractivity contribution in [3.05, 3.63) is 35.1 Å². The van der Waals surface area contributed by atoms with Crippen LogP contribution in [0.4, 0.5) is 13.2 Å². The lowest BCUT2D eigenvalue weighted by molar-refractivity contribution is -0.136. The number of hydrogen-bond donors (Lipinski definition) is 2. The highest BCUT2D eigenvalue weighted by Crippen LogP contribution is 2.20. The van der Waals surface area contributed by atoms with Crippen LogP contribution in [0.1, 0.15) is 18.4 Å². The maximum Gasteiger partial charge on any atom is 0.245 e. The number of benzene rings is 1. The van der Waals surface area contributed by atoms with Crippen LogP contribution in [-0.4, -0.2) is 30.6 Å². The maximum atomic E-state index is 13.5. The van der Waals surface area contributed by atoms with Crippen LogP contribution in [0.25, 0.3) is 0 Å². The van der Waals surface area contributed by atoms with Crippen LogP contribution in [0.15, 0.2) is 12.1 Å². The minimum Gasteiger partial charge on any atom is -0.378 e. The Labute approximate surface area is 124 Å². The molecule has 22 heavy (non-hydrogen) atoms. The molecule has 1 aliphatic heterocycles. The number of carbonyl (C=O) groups excluding carboxylic acids is 2. The first-order valence-corrected chi connectivity index (χ1v) is 6.66. The molecule has 1 fully saturated rings. The molecular weight excluding hydrogens is 301 g/mol. The topological polar surface area (TPSA) is 81.4 Å². The van der Waals surface area contributed by atoms with Gasteiger partial charge in [-0.15, -0.1) is 0 Å². The summed E-state index contributed by atoms with van der Waals surface area (Å²) in [6, 6.07) is 0.976. The smallest absolute Gasteiger partial charge is 0.245 e. The predicted molar refractivity (Wildman–Crippen MR) is 70.1 cm³/mol. The molecule has 0 bridgehead atoms. The minimum atomic E-state index is -1.36. The molecule has 3 N–H and O–H groups in total. The van der Waals surface area contributed by atoms with Crippen molar-refractivity contribution in [2.75, 3.05) is 13.2 Å². The lowest BCUT2D eigenvalue weighted by Gasteiger charge is -2.34. The fraction of sp³-hybridized carbons (Fsp3) is 0.429. The van der Waals surface area contributed by atoms with Crippen molar-refractivity contribution in [3.8, 4) is 0 Å². The molecule has 2 rings (SSSR count). The quantitative estimate of drug-likeness (QED) is 0.806. The molecule has 5 nitrogen and oxygen atoms in total. The Morgan fingerprint density at radius 3 is 2.50 bits per heavy atom. The van der Waals surface area contributed by atoms with E-state index in [4.69, 9.17) is 10.5 Å². The van der Waals surface area contributed by atoms with E-state index in [9.17, 15) is 22.8 Å². The molecule has 1 aliphatic rings. The van der Waals surface area contributed by atoms with Gasteiger partial charge in [-0.1, -0.05) is 0 Å². The summed E-state index contributed by atoms with van der Waals surface area (Å²) in [5, 5.41) is 2.42. The Balaban J connectivity index is 2.12. The van der Waals surface area contributed by atoms with Crippen LogP contribution in [-0.2, 0) is 20.7 Å². The molecule has 0 spiro atoms.